The topological polar surface area (TPSA) is 49.5 Å². The van der Waals surface area contributed by atoms with E-state index >= 15 is 0 Å². The summed E-state index contributed by atoms with van der Waals surface area (Å²) in [5, 5.41) is 0. The third-order valence-electron chi connectivity index (χ3n) is 3.14. The van der Waals surface area contributed by atoms with E-state index in [0.29, 0.717) is 6.61 Å². The Hall–Kier alpha value is -1.67. The third kappa shape index (κ3) is 3.75. The van der Waals surface area contributed by atoms with Crippen molar-refractivity contribution in [1.82, 2.24) is 0 Å². The first-order chi connectivity index (χ1) is 10.4. The van der Waals surface area contributed by atoms with Gasteiger partial charge in [-0.1, -0.05) is 0 Å². The molecule has 1 aromatic carbocycles. The van der Waals surface area contributed by atoms with Gasteiger partial charge in [-0.05, 0) is 17.7 Å². The molecule has 1 aliphatic rings. The summed E-state index contributed by atoms with van der Waals surface area (Å²) in [6, 6.07) is 2.46. The molecule has 1 aromatic rings. The highest BCUT2D eigenvalue weighted by atomic mass is 19.4. The van der Waals surface area contributed by atoms with Crippen LogP contribution in [0.1, 0.15) is 11.7 Å². The maximum atomic E-state index is 13.3. The first kappa shape index (κ1) is 16.7. The Morgan fingerprint density at radius 1 is 1.14 bits per heavy atom. The van der Waals surface area contributed by atoms with Gasteiger partial charge in [-0.2, -0.15) is 13.2 Å². The zero-order valence-electron chi connectivity index (χ0n) is 12.4. The number of rotatable bonds is 7. The van der Waals surface area contributed by atoms with Crippen LogP contribution in [0.2, 0.25) is 0 Å². The van der Waals surface area contributed by atoms with Crippen molar-refractivity contribution in [2.75, 3.05) is 34.5 Å². The fourth-order valence-electron chi connectivity index (χ4n) is 2.00. The molecule has 5 nitrogen and oxygen atoms in total. The van der Waals surface area contributed by atoms with E-state index in [9.17, 15) is 13.2 Å². The highest BCUT2D eigenvalue weighted by molar-refractivity contribution is 5.54. The van der Waals surface area contributed by atoms with Crippen LogP contribution in [-0.2, 0) is 9.47 Å². The average molecular weight is 322 g/mol. The molecule has 124 valence electrons. The second-order valence-electron chi connectivity index (χ2n) is 4.67. The summed E-state index contributed by atoms with van der Waals surface area (Å²) in [7, 11) is 4.05. The van der Waals surface area contributed by atoms with Crippen LogP contribution in [0.4, 0.5) is 13.2 Å². The minimum atomic E-state index is -4.57. The van der Waals surface area contributed by atoms with E-state index in [2.05, 4.69) is 0 Å². The van der Waals surface area contributed by atoms with Gasteiger partial charge in [0.25, 0.3) is 0 Å². The number of methoxy groups -OCH3 is 3. The molecule has 0 bridgehead atoms. The number of benzene rings is 1. The van der Waals surface area contributed by atoms with Gasteiger partial charge in [0.15, 0.2) is 17.6 Å². The van der Waals surface area contributed by atoms with Crippen molar-refractivity contribution < 1.29 is 36.9 Å². The van der Waals surface area contributed by atoms with Gasteiger partial charge in [0.05, 0.1) is 34.5 Å². The lowest BCUT2D eigenvalue weighted by molar-refractivity contribution is -0.224. The van der Waals surface area contributed by atoms with E-state index in [1.165, 1.54) is 33.5 Å². The van der Waals surface area contributed by atoms with Gasteiger partial charge in [0, 0.05) is 0 Å². The molecule has 0 aromatic heterocycles. The molecule has 2 atom stereocenters. The van der Waals surface area contributed by atoms with Crippen LogP contribution in [0.25, 0.3) is 0 Å². The van der Waals surface area contributed by atoms with Crippen LogP contribution in [0.5, 0.6) is 17.2 Å². The quantitative estimate of drug-likeness (QED) is 0.723. The Morgan fingerprint density at radius 2 is 1.68 bits per heavy atom. The van der Waals surface area contributed by atoms with Crippen molar-refractivity contribution in [3.8, 4) is 17.2 Å². The number of epoxide rings is 1. The summed E-state index contributed by atoms with van der Waals surface area (Å²) in [4.78, 5) is 0. The predicted molar refractivity (Wildman–Crippen MR) is 70.6 cm³/mol. The van der Waals surface area contributed by atoms with E-state index in [4.69, 9.17) is 23.7 Å². The summed E-state index contributed by atoms with van der Waals surface area (Å²) >= 11 is 0. The third-order valence-corrected chi connectivity index (χ3v) is 3.14. The molecule has 8 heteroatoms. The number of alkyl halides is 3. The zero-order chi connectivity index (χ0) is 16.3. The minimum Gasteiger partial charge on any atom is -0.493 e. The summed E-state index contributed by atoms with van der Waals surface area (Å²) in [6.45, 7) is 0.292. The second kappa shape index (κ2) is 6.62. The molecule has 0 saturated carbocycles. The maximum Gasteiger partial charge on any atom is 0.418 e. The fraction of sp³-hybridized carbons (Fsp3) is 0.571. The van der Waals surface area contributed by atoms with Crippen LogP contribution in [0.3, 0.4) is 0 Å². The molecule has 1 fully saturated rings. The highest BCUT2D eigenvalue weighted by Gasteiger charge is 2.43. The van der Waals surface area contributed by atoms with Crippen molar-refractivity contribution in [3.63, 3.8) is 0 Å². The Balaban J connectivity index is 2.36. The molecular weight excluding hydrogens is 305 g/mol. The number of hydrogen-bond acceptors (Lipinski definition) is 5. The average Bonchev–Trinajstić information content (AvgIpc) is 3.29. The summed E-state index contributed by atoms with van der Waals surface area (Å²) in [5.74, 6) is 0.495. The fourth-order valence-corrected chi connectivity index (χ4v) is 2.00. The first-order valence-corrected chi connectivity index (χ1v) is 6.50. The van der Waals surface area contributed by atoms with E-state index in [-0.39, 0.29) is 35.5 Å². The molecule has 1 aliphatic heterocycles. The molecule has 0 unspecified atom stereocenters. The standard InChI is InChI=1S/C14H17F3O5/c1-18-10-4-8(5-11(19-2)12(10)20-3)13(14(15,16)17)22-7-9-6-21-9/h4-5,9,13H,6-7H2,1-3H3/t9-,13+/m1/s1. The van der Waals surface area contributed by atoms with Crippen molar-refractivity contribution in [2.45, 2.75) is 18.4 Å². The lowest BCUT2D eigenvalue weighted by atomic mass is 10.1. The van der Waals surface area contributed by atoms with Gasteiger partial charge >= 0.3 is 6.18 Å². The molecule has 22 heavy (non-hydrogen) atoms. The number of hydrogen-bond donors (Lipinski definition) is 0. The molecule has 0 spiro atoms. The van der Waals surface area contributed by atoms with Gasteiger partial charge in [0.1, 0.15) is 6.10 Å². The van der Waals surface area contributed by atoms with E-state index in [1.807, 2.05) is 0 Å². The van der Waals surface area contributed by atoms with Gasteiger partial charge in [-0.15, -0.1) is 0 Å². The molecule has 1 heterocycles. The predicted octanol–water partition coefficient (Wildman–Crippen LogP) is 2.73. The van der Waals surface area contributed by atoms with Crippen molar-refractivity contribution in [1.29, 1.82) is 0 Å². The second-order valence-corrected chi connectivity index (χ2v) is 4.67. The van der Waals surface area contributed by atoms with Crippen LogP contribution >= 0.6 is 0 Å². The van der Waals surface area contributed by atoms with Crippen molar-refractivity contribution in [3.05, 3.63) is 17.7 Å². The smallest absolute Gasteiger partial charge is 0.418 e. The normalized spacial score (nSPS) is 18.7. The Kier molecular flexibility index (Phi) is 5.02. The van der Waals surface area contributed by atoms with Crippen LogP contribution in [-0.4, -0.2) is 46.8 Å². The van der Waals surface area contributed by atoms with Gasteiger partial charge in [-0.3, -0.25) is 0 Å². The molecular formula is C14H17F3O5. The lowest BCUT2D eigenvalue weighted by Gasteiger charge is -2.23. The van der Waals surface area contributed by atoms with E-state index < -0.39 is 12.3 Å². The highest BCUT2D eigenvalue weighted by Crippen LogP contribution is 2.44. The summed E-state index contributed by atoms with van der Waals surface area (Å²) < 4.78 is 64.8. The van der Waals surface area contributed by atoms with Crippen molar-refractivity contribution in [2.24, 2.45) is 0 Å². The van der Waals surface area contributed by atoms with Crippen LogP contribution in [0, 0.1) is 0 Å². The largest absolute Gasteiger partial charge is 0.493 e. The lowest BCUT2D eigenvalue weighted by Crippen LogP contribution is -2.25. The Morgan fingerprint density at radius 3 is 2.05 bits per heavy atom. The van der Waals surface area contributed by atoms with Gasteiger partial charge in [-0.25, -0.2) is 0 Å². The maximum absolute atomic E-state index is 13.3. The SMILES string of the molecule is COc1cc([C@H](OC[C@H]2CO2)C(F)(F)F)cc(OC)c1OC. The van der Waals surface area contributed by atoms with E-state index in [0.717, 1.165) is 0 Å². The minimum absolute atomic E-state index is 0.123. The molecule has 0 aliphatic carbocycles. The molecule has 2 rings (SSSR count). The van der Waals surface area contributed by atoms with Crippen molar-refractivity contribution >= 4 is 0 Å². The number of ether oxygens (including phenoxy) is 5. The molecule has 0 radical (unpaired) electrons. The van der Waals surface area contributed by atoms with Gasteiger partial charge < -0.3 is 23.7 Å². The molecule has 1 saturated heterocycles. The Bertz CT molecular complexity index is 489. The van der Waals surface area contributed by atoms with Crippen LogP contribution < -0.4 is 14.2 Å². The first-order valence-electron chi connectivity index (χ1n) is 6.50. The summed E-state index contributed by atoms with van der Waals surface area (Å²) in [6.07, 6.45) is -6.93. The summed E-state index contributed by atoms with van der Waals surface area (Å²) in [5.41, 5.74) is -0.123. The molecule has 0 amide bonds. The molecule has 0 N–H and O–H groups in total. The van der Waals surface area contributed by atoms with Gasteiger partial charge in [0.2, 0.25) is 5.75 Å². The monoisotopic (exact) mass is 322 g/mol. The van der Waals surface area contributed by atoms with Crippen LogP contribution in [0.15, 0.2) is 12.1 Å². The van der Waals surface area contributed by atoms with E-state index in [1.54, 1.807) is 0 Å². The Labute approximate surface area is 125 Å². The number of halogens is 3. The zero-order valence-corrected chi connectivity index (χ0v) is 12.4.